The molecule has 1 saturated heterocycles. The van der Waals surface area contributed by atoms with Gasteiger partial charge in [-0.25, -0.2) is 0 Å². The number of likely N-dealkylation sites (tertiary alicyclic amines) is 1. The van der Waals surface area contributed by atoms with Crippen molar-refractivity contribution >= 4 is 23.4 Å². The molecule has 3 rings (SSSR count). The second-order valence-electron chi connectivity index (χ2n) is 5.88. The number of aromatic nitrogens is 2. The molecule has 0 saturated carbocycles. The molecule has 1 aromatic carbocycles. The molecule has 2 aromatic rings. The van der Waals surface area contributed by atoms with E-state index in [9.17, 15) is 14.4 Å². The summed E-state index contributed by atoms with van der Waals surface area (Å²) in [5.41, 5.74) is 0.652. The van der Waals surface area contributed by atoms with Crippen molar-refractivity contribution in [3.05, 3.63) is 42.0 Å². The minimum atomic E-state index is -0.639. The first-order valence-corrected chi connectivity index (χ1v) is 8.35. The molecule has 1 aliphatic rings. The molecular weight excluding hydrogens is 338 g/mol. The standard InChI is InChI=1S/C17H19N5O4/c23-14(19-12-6-2-1-3-7-12)10-13-20-17(26-21-13)16(25)18-11-15(24)22-8-4-5-9-22/h1-3,6-7H,4-5,8-11H2,(H,18,25)(H,19,23). The fraction of sp³-hybridized carbons (Fsp3) is 0.353. The van der Waals surface area contributed by atoms with Crippen LogP contribution >= 0.6 is 0 Å². The van der Waals surface area contributed by atoms with E-state index in [-0.39, 0.29) is 36.5 Å². The lowest BCUT2D eigenvalue weighted by Gasteiger charge is -2.14. The van der Waals surface area contributed by atoms with Crippen LogP contribution in [-0.2, 0) is 16.0 Å². The van der Waals surface area contributed by atoms with Crippen LogP contribution in [0.2, 0.25) is 0 Å². The van der Waals surface area contributed by atoms with Crippen molar-refractivity contribution in [2.75, 3.05) is 25.0 Å². The summed E-state index contributed by atoms with van der Waals surface area (Å²) in [6.45, 7) is 1.32. The van der Waals surface area contributed by atoms with Crippen molar-refractivity contribution in [3.63, 3.8) is 0 Å². The zero-order valence-electron chi connectivity index (χ0n) is 14.1. The van der Waals surface area contributed by atoms with Crippen molar-refractivity contribution in [1.82, 2.24) is 20.4 Å². The minimum absolute atomic E-state index is 0.0921. The Morgan fingerprint density at radius 1 is 1.12 bits per heavy atom. The molecule has 1 fully saturated rings. The Morgan fingerprint density at radius 2 is 1.85 bits per heavy atom. The van der Waals surface area contributed by atoms with Crippen molar-refractivity contribution in [2.24, 2.45) is 0 Å². The van der Waals surface area contributed by atoms with E-state index in [4.69, 9.17) is 4.52 Å². The summed E-state index contributed by atoms with van der Waals surface area (Å²) in [4.78, 5) is 41.4. The number of nitrogens with zero attached hydrogens (tertiary/aromatic N) is 3. The fourth-order valence-corrected chi connectivity index (χ4v) is 2.60. The van der Waals surface area contributed by atoms with Gasteiger partial charge in [0.15, 0.2) is 5.82 Å². The van der Waals surface area contributed by atoms with Gasteiger partial charge >= 0.3 is 11.8 Å². The smallest absolute Gasteiger partial charge is 0.315 e. The van der Waals surface area contributed by atoms with Crippen LogP contribution in [0, 0.1) is 0 Å². The van der Waals surface area contributed by atoms with E-state index >= 15 is 0 Å². The average Bonchev–Trinajstić information content (AvgIpc) is 3.32. The molecule has 9 nitrogen and oxygen atoms in total. The summed E-state index contributed by atoms with van der Waals surface area (Å²) in [6.07, 6.45) is 1.84. The lowest BCUT2D eigenvalue weighted by atomic mass is 10.3. The molecule has 9 heteroatoms. The van der Waals surface area contributed by atoms with Gasteiger partial charge < -0.3 is 20.1 Å². The van der Waals surface area contributed by atoms with E-state index in [1.807, 2.05) is 6.07 Å². The second kappa shape index (κ2) is 8.24. The third kappa shape index (κ3) is 4.65. The van der Waals surface area contributed by atoms with E-state index in [1.54, 1.807) is 29.2 Å². The molecule has 26 heavy (non-hydrogen) atoms. The summed E-state index contributed by atoms with van der Waals surface area (Å²) in [6, 6.07) is 8.95. The lowest BCUT2D eigenvalue weighted by molar-refractivity contribution is -0.129. The number of amides is 3. The number of rotatable bonds is 6. The molecule has 0 unspecified atom stereocenters. The lowest BCUT2D eigenvalue weighted by Crippen LogP contribution is -2.38. The highest BCUT2D eigenvalue weighted by Gasteiger charge is 2.21. The first-order chi connectivity index (χ1) is 12.6. The van der Waals surface area contributed by atoms with Crippen molar-refractivity contribution in [2.45, 2.75) is 19.3 Å². The van der Waals surface area contributed by atoms with Gasteiger partial charge in [0.2, 0.25) is 11.8 Å². The molecule has 0 aliphatic carbocycles. The number of anilines is 1. The van der Waals surface area contributed by atoms with Crippen molar-refractivity contribution in [3.8, 4) is 0 Å². The highest BCUT2D eigenvalue weighted by atomic mass is 16.5. The number of carbonyl (C=O) groups is 3. The van der Waals surface area contributed by atoms with E-state index < -0.39 is 5.91 Å². The van der Waals surface area contributed by atoms with Gasteiger partial charge in [-0.3, -0.25) is 14.4 Å². The Bertz CT molecular complexity index is 783. The number of hydrogen-bond donors (Lipinski definition) is 2. The molecule has 0 atom stereocenters. The van der Waals surface area contributed by atoms with E-state index in [0.717, 1.165) is 25.9 Å². The van der Waals surface area contributed by atoms with Crippen LogP contribution < -0.4 is 10.6 Å². The zero-order chi connectivity index (χ0) is 18.4. The second-order valence-corrected chi connectivity index (χ2v) is 5.88. The van der Waals surface area contributed by atoms with Crippen LogP contribution in [0.3, 0.4) is 0 Å². The third-order valence-electron chi connectivity index (χ3n) is 3.90. The Morgan fingerprint density at radius 3 is 2.58 bits per heavy atom. The summed E-state index contributed by atoms with van der Waals surface area (Å²) in [7, 11) is 0. The number of para-hydroxylation sites is 1. The molecule has 0 bridgehead atoms. The summed E-state index contributed by atoms with van der Waals surface area (Å²) in [5, 5.41) is 8.76. The summed E-state index contributed by atoms with van der Waals surface area (Å²) in [5.74, 6) is -1.29. The maximum Gasteiger partial charge on any atom is 0.315 e. The molecule has 0 spiro atoms. The van der Waals surface area contributed by atoms with Gasteiger partial charge in [0.1, 0.15) is 0 Å². The number of benzene rings is 1. The van der Waals surface area contributed by atoms with Gasteiger partial charge in [-0.1, -0.05) is 23.4 Å². The number of nitrogens with one attached hydrogen (secondary N) is 2. The monoisotopic (exact) mass is 357 g/mol. The highest BCUT2D eigenvalue weighted by molar-refractivity contribution is 5.93. The molecule has 3 amide bonds. The van der Waals surface area contributed by atoms with Crippen LogP contribution in [0.4, 0.5) is 5.69 Å². The normalized spacial score (nSPS) is 13.5. The van der Waals surface area contributed by atoms with E-state index in [1.165, 1.54) is 0 Å². The first-order valence-electron chi connectivity index (χ1n) is 8.35. The SMILES string of the molecule is O=C(Cc1noc(C(=O)NCC(=O)N2CCCC2)n1)Nc1ccccc1. The van der Waals surface area contributed by atoms with E-state index in [2.05, 4.69) is 20.8 Å². The van der Waals surface area contributed by atoms with Gasteiger partial charge in [-0.15, -0.1) is 0 Å². The summed E-state index contributed by atoms with van der Waals surface area (Å²) < 4.78 is 4.86. The average molecular weight is 357 g/mol. The molecule has 2 heterocycles. The van der Waals surface area contributed by atoms with Crippen molar-refractivity contribution in [1.29, 1.82) is 0 Å². The van der Waals surface area contributed by atoms with Gasteiger partial charge in [-0.2, -0.15) is 4.98 Å². The molecule has 0 radical (unpaired) electrons. The Hall–Kier alpha value is -3.23. The third-order valence-corrected chi connectivity index (χ3v) is 3.90. The Balaban J connectivity index is 1.48. The number of carbonyl (C=O) groups excluding carboxylic acids is 3. The predicted octanol–water partition coefficient (Wildman–Crippen LogP) is 0.603. The Kier molecular flexibility index (Phi) is 5.57. The molecular formula is C17H19N5O4. The predicted molar refractivity (Wildman–Crippen MR) is 91.2 cm³/mol. The fourth-order valence-electron chi connectivity index (χ4n) is 2.60. The quantitative estimate of drug-likeness (QED) is 0.782. The molecule has 1 aromatic heterocycles. The van der Waals surface area contributed by atoms with Gasteiger partial charge in [0, 0.05) is 18.8 Å². The minimum Gasteiger partial charge on any atom is -0.341 e. The van der Waals surface area contributed by atoms with Crippen LogP contribution in [-0.4, -0.2) is 52.4 Å². The summed E-state index contributed by atoms with van der Waals surface area (Å²) >= 11 is 0. The van der Waals surface area contributed by atoms with Crippen LogP contribution in [0.1, 0.15) is 29.4 Å². The largest absolute Gasteiger partial charge is 0.341 e. The van der Waals surface area contributed by atoms with Gasteiger partial charge in [0.25, 0.3) is 0 Å². The zero-order valence-corrected chi connectivity index (χ0v) is 14.1. The van der Waals surface area contributed by atoms with Crippen LogP contribution in [0.15, 0.2) is 34.9 Å². The van der Waals surface area contributed by atoms with Crippen molar-refractivity contribution < 1.29 is 18.9 Å². The van der Waals surface area contributed by atoms with E-state index in [0.29, 0.717) is 5.69 Å². The maximum absolute atomic E-state index is 12.0. The van der Waals surface area contributed by atoms with Gasteiger partial charge in [0.05, 0.1) is 13.0 Å². The highest BCUT2D eigenvalue weighted by Crippen LogP contribution is 2.08. The van der Waals surface area contributed by atoms with Crippen LogP contribution in [0.5, 0.6) is 0 Å². The van der Waals surface area contributed by atoms with Gasteiger partial charge in [-0.05, 0) is 25.0 Å². The Labute approximate surface area is 149 Å². The maximum atomic E-state index is 12.0. The first kappa shape index (κ1) is 17.6. The number of hydrogen-bond acceptors (Lipinski definition) is 6. The molecule has 136 valence electrons. The topological polar surface area (TPSA) is 117 Å². The molecule has 2 N–H and O–H groups in total. The molecule has 1 aliphatic heterocycles. The van der Waals surface area contributed by atoms with Crippen LogP contribution in [0.25, 0.3) is 0 Å².